The summed E-state index contributed by atoms with van der Waals surface area (Å²) in [5, 5.41) is 3.03. The van der Waals surface area contributed by atoms with E-state index in [1.54, 1.807) is 0 Å². The van der Waals surface area contributed by atoms with Gasteiger partial charge in [0.1, 0.15) is 0 Å². The lowest BCUT2D eigenvalue weighted by Crippen LogP contribution is -2.44. The zero-order valence-corrected chi connectivity index (χ0v) is 18.7. The average Bonchev–Trinajstić information content (AvgIpc) is 3.05. The van der Waals surface area contributed by atoms with Crippen LogP contribution in [0.5, 0.6) is 0 Å². The number of nitrogens with one attached hydrogen (secondary N) is 1. The summed E-state index contributed by atoms with van der Waals surface area (Å²) in [6.45, 7) is 9.85. The maximum Gasteiger partial charge on any atom is 0.238 e. The first kappa shape index (κ1) is 22.6. The van der Waals surface area contributed by atoms with Crippen molar-refractivity contribution in [3.05, 3.63) is 24.3 Å². The van der Waals surface area contributed by atoms with Crippen LogP contribution in [0.15, 0.2) is 24.3 Å². The fraction of sp³-hybridized carbons (Fsp3) is 0.667. The zero-order valence-electron chi connectivity index (χ0n) is 18.7. The Morgan fingerprint density at radius 3 is 2.10 bits per heavy atom. The Bertz CT molecular complexity index is 671. The van der Waals surface area contributed by atoms with Crippen LogP contribution < -0.4 is 10.2 Å². The molecule has 2 aliphatic rings. The van der Waals surface area contributed by atoms with Crippen LogP contribution in [0.3, 0.4) is 0 Å². The Morgan fingerprint density at radius 2 is 1.53 bits per heavy atom. The molecule has 2 amide bonds. The molecule has 1 aromatic carbocycles. The van der Waals surface area contributed by atoms with E-state index in [0.717, 1.165) is 57.8 Å². The van der Waals surface area contributed by atoms with Gasteiger partial charge in [-0.1, -0.05) is 12.8 Å². The highest BCUT2D eigenvalue weighted by Crippen LogP contribution is 2.22. The largest absolute Gasteiger partial charge is 0.372 e. The third kappa shape index (κ3) is 6.21. The molecule has 0 saturated carbocycles. The lowest BCUT2D eigenvalue weighted by Gasteiger charge is -2.33. The van der Waals surface area contributed by atoms with Gasteiger partial charge in [-0.05, 0) is 76.9 Å². The van der Waals surface area contributed by atoms with Crippen LogP contribution in [0.25, 0.3) is 0 Å². The summed E-state index contributed by atoms with van der Waals surface area (Å²) in [6, 6.07) is 8.25. The molecule has 1 N–H and O–H groups in total. The summed E-state index contributed by atoms with van der Waals surface area (Å²) in [7, 11) is 0. The van der Waals surface area contributed by atoms with Crippen molar-refractivity contribution in [3.8, 4) is 0 Å². The molecule has 0 aromatic heterocycles. The summed E-state index contributed by atoms with van der Waals surface area (Å²) in [4.78, 5) is 31.5. The monoisotopic (exact) mass is 414 g/mol. The Morgan fingerprint density at radius 1 is 0.933 bits per heavy atom. The van der Waals surface area contributed by atoms with E-state index in [-0.39, 0.29) is 17.7 Å². The molecule has 1 aromatic rings. The molecular weight excluding hydrogens is 376 g/mol. The SMILES string of the molecule is CCN(CC)C(=O)C1CCN(CC(=O)Nc2ccc(N3CCCCCC3)cc2)CC1. The quantitative estimate of drug-likeness (QED) is 0.741. The number of anilines is 2. The van der Waals surface area contributed by atoms with Crippen molar-refractivity contribution in [2.24, 2.45) is 5.92 Å². The molecule has 30 heavy (non-hydrogen) atoms. The van der Waals surface area contributed by atoms with Crippen LogP contribution in [-0.4, -0.2) is 67.4 Å². The summed E-state index contributed by atoms with van der Waals surface area (Å²) in [6.07, 6.45) is 6.85. The molecule has 3 rings (SSSR count). The van der Waals surface area contributed by atoms with Crippen molar-refractivity contribution in [1.29, 1.82) is 0 Å². The molecular formula is C24H38N4O2. The van der Waals surface area contributed by atoms with Gasteiger partial charge in [0.05, 0.1) is 6.54 Å². The molecule has 0 aliphatic carbocycles. The predicted octanol–water partition coefficient (Wildman–Crippen LogP) is 3.59. The van der Waals surface area contributed by atoms with Crippen LogP contribution >= 0.6 is 0 Å². The molecule has 2 fully saturated rings. The number of nitrogens with zero attached hydrogens (tertiary/aromatic N) is 3. The second kappa shape index (κ2) is 11.3. The van der Waals surface area contributed by atoms with Crippen molar-refractivity contribution < 1.29 is 9.59 Å². The minimum absolute atomic E-state index is 0.0195. The molecule has 0 atom stereocenters. The zero-order chi connectivity index (χ0) is 21.3. The number of amides is 2. The van der Waals surface area contributed by atoms with Crippen molar-refractivity contribution in [1.82, 2.24) is 9.80 Å². The Hall–Kier alpha value is -2.08. The number of piperidine rings is 1. The van der Waals surface area contributed by atoms with Crippen LogP contribution in [0.2, 0.25) is 0 Å². The molecule has 166 valence electrons. The van der Waals surface area contributed by atoms with Crippen molar-refractivity contribution in [3.63, 3.8) is 0 Å². The fourth-order valence-electron chi connectivity index (χ4n) is 4.62. The van der Waals surface area contributed by atoms with Crippen molar-refractivity contribution in [2.75, 3.05) is 56.0 Å². The van der Waals surface area contributed by atoms with E-state index in [9.17, 15) is 9.59 Å². The third-order valence-electron chi connectivity index (χ3n) is 6.50. The summed E-state index contributed by atoms with van der Waals surface area (Å²) >= 11 is 0. The van der Waals surface area contributed by atoms with Gasteiger partial charge in [0, 0.05) is 43.5 Å². The van der Waals surface area contributed by atoms with Gasteiger partial charge in [-0.25, -0.2) is 0 Å². The highest BCUT2D eigenvalue weighted by atomic mass is 16.2. The van der Waals surface area contributed by atoms with Gasteiger partial charge in [0.15, 0.2) is 0 Å². The summed E-state index contributed by atoms with van der Waals surface area (Å²) < 4.78 is 0. The van der Waals surface area contributed by atoms with Crippen molar-refractivity contribution >= 4 is 23.2 Å². The number of likely N-dealkylation sites (tertiary alicyclic amines) is 1. The van der Waals surface area contributed by atoms with Gasteiger partial charge in [-0.3, -0.25) is 14.5 Å². The smallest absolute Gasteiger partial charge is 0.238 e. The summed E-state index contributed by atoms with van der Waals surface area (Å²) in [5.74, 6) is 0.399. The van der Waals surface area contributed by atoms with E-state index in [1.807, 2.05) is 30.9 Å². The second-order valence-corrected chi connectivity index (χ2v) is 8.56. The van der Waals surface area contributed by atoms with E-state index < -0.39 is 0 Å². The Balaban J connectivity index is 1.43. The number of hydrogen-bond donors (Lipinski definition) is 1. The van der Waals surface area contributed by atoms with Gasteiger partial charge < -0.3 is 15.1 Å². The van der Waals surface area contributed by atoms with Crippen LogP contribution in [0.4, 0.5) is 11.4 Å². The van der Waals surface area contributed by atoms with Crippen LogP contribution in [0.1, 0.15) is 52.4 Å². The maximum absolute atomic E-state index is 12.5. The summed E-state index contributed by atoms with van der Waals surface area (Å²) in [5.41, 5.74) is 2.10. The first-order valence-electron chi connectivity index (χ1n) is 11.8. The first-order chi connectivity index (χ1) is 14.6. The van der Waals surface area contributed by atoms with Crippen molar-refractivity contribution in [2.45, 2.75) is 52.4 Å². The Kier molecular flexibility index (Phi) is 8.55. The lowest BCUT2D eigenvalue weighted by molar-refractivity contribution is -0.136. The molecule has 6 heteroatoms. The van der Waals surface area contributed by atoms with Crippen LogP contribution in [0, 0.1) is 5.92 Å². The molecule has 0 unspecified atom stereocenters. The fourth-order valence-corrected chi connectivity index (χ4v) is 4.62. The standard InChI is InChI=1S/C24H38N4O2/c1-3-27(4-2)24(30)20-13-17-26(18-14-20)19-23(29)25-21-9-11-22(12-10-21)28-15-7-5-6-8-16-28/h9-12,20H,3-8,13-19H2,1-2H3,(H,25,29). The van der Waals surface area contributed by atoms with E-state index in [2.05, 4.69) is 27.2 Å². The highest BCUT2D eigenvalue weighted by molar-refractivity contribution is 5.92. The molecule has 6 nitrogen and oxygen atoms in total. The number of hydrogen-bond acceptors (Lipinski definition) is 4. The van der Waals surface area contributed by atoms with Gasteiger partial charge in [0.25, 0.3) is 0 Å². The van der Waals surface area contributed by atoms with Gasteiger partial charge >= 0.3 is 0 Å². The minimum Gasteiger partial charge on any atom is -0.372 e. The van der Waals surface area contributed by atoms with E-state index in [0.29, 0.717) is 6.54 Å². The Labute approximate surface area is 181 Å². The minimum atomic E-state index is 0.0195. The molecule has 2 aliphatic heterocycles. The lowest BCUT2D eigenvalue weighted by atomic mass is 9.95. The van der Waals surface area contributed by atoms with Gasteiger partial charge in [-0.2, -0.15) is 0 Å². The van der Waals surface area contributed by atoms with Crippen LogP contribution in [-0.2, 0) is 9.59 Å². The third-order valence-corrected chi connectivity index (χ3v) is 6.50. The van der Waals surface area contributed by atoms with Gasteiger partial charge in [-0.15, -0.1) is 0 Å². The van der Waals surface area contributed by atoms with Gasteiger partial charge in [0.2, 0.25) is 11.8 Å². The molecule has 2 saturated heterocycles. The topological polar surface area (TPSA) is 55.9 Å². The number of benzene rings is 1. The predicted molar refractivity (Wildman–Crippen MR) is 123 cm³/mol. The first-order valence-corrected chi connectivity index (χ1v) is 11.8. The average molecular weight is 415 g/mol. The molecule has 0 spiro atoms. The highest BCUT2D eigenvalue weighted by Gasteiger charge is 2.28. The number of rotatable bonds is 7. The number of carbonyl (C=O) groups excluding carboxylic acids is 2. The molecule has 2 heterocycles. The van der Waals surface area contributed by atoms with E-state index in [4.69, 9.17) is 0 Å². The maximum atomic E-state index is 12.5. The van der Waals surface area contributed by atoms with E-state index in [1.165, 1.54) is 31.4 Å². The second-order valence-electron chi connectivity index (χ2n) is 8.56. The molecule has 0 bridgehead atoms. The normalized spacial score (nSPS) is 18.7. The van der Waals surface area contributed by atoms with E-state index >= 15 is 0 Å². The molecule has 0 radical (unpaired) electrons. The number of carbonyl (C=O) groups is 2.